The maximum absolute atomic E-state index is 11.7. The number of carbonyl (C=O) groups excluding carboxylic acids is 1. The summed E-state index contributed by atoms with van der Waals surface area (Å²) in [7, 11) is 1.58. The highest BCUT2D eigenvalue weighted by molar-refractivity contribution is 5.84. The van der Waals surface area contributed by atoms with E-state index in [2.05, 4.69) is 15.8 Å². The van der Waals surface area contributed by atoms with E-state index in [1.807, 2.05) is 0 Å². The fraction of sp³-hybridized carbons (Fsp3) is 0.111. The number of rotatable bonds is 8. The molecule has 1 amide bonds. The van der Waals surface area contributed by atoms with Gasteiger partial charge >= 0.3 is 0 Å². The molecule has 0 radical (unpaired) electrons. The molecule has 2 aromatic rings. The molecule has 0 aliphatic heterocycles. The molecule has 2 N–H and O–H groups in total. The van der Waals surface area contributed by atoms with Gasteiger partial charge in [0.05, 0.1) is 24.1 Å². The quantitative estimate of drug-likeness (QED) is 0.431. The van der Waals surface area contributed by atoms with Crippen LogP contribution in [0.15, 0.2) is 59.7 Å². The van der Waals surface area contributed by atoms with Crippen LogP contribution in [0.4, 0.5) is 11.4 Å². The van der Waals surface area contributed by atoms with E-state index in [1.54, 1.807) is 55.7 Å². The number of hydrazone groups is 1. The van der Waals surface area contributed by atoms with E-state index in [0.717, 1.165) is 11.4 Å². The topological polar surface area (TPSA) is 106 Å². The van der Waals surface area contributed by atoms with Gasteiger partial charge in [-0.3, -0.25) is 14.9 Å². The molecule has 2 rings (SSSR count). The minimum Gasteiger partial charge on any atom is -0.497 e. The molecular weight excluding hydrogens is 336 g/mol. The van der Waals surface area contributed by atoms with Crippen molar-refractivity contribution in [2.45, 2.75) is 0 Å². The van der Waals surface area contributed by atoms with Crippen LogP contribution in [0, 0.1) is 10.1 Å². The van der Waals surface area contributed by atoms with Crippen molar-refractivity contribution in [3.8, 4) is 5.75 Å². The molecule has 0 aliphatic rings. The standard InChI is InChI=1S/C18H18N4O4/c1-26-16-10-8-15(9-11-16)19-13-18(23)21-20-12-4-6-14-5-2-3-7-17(14)22(24)25/h2-12,19H,13H2,1H3,(H,21,23). The molecule has 0 spiro atoms. The normalized spacial score (nSPS) is 10.8. The van der Waals surface area contributed by atoms with Crippen LogP contribution in [-0.4, -0.2) is 30.7 Å². The Hall–Kier alpha value is -3.68. The van der Waals surface area contributed by atoms with Gasteiger partial charge in [-0.15, -0.1) is 0 Å². The monoisotopic (exact) mass is 354 g/mol. The van der Waals surface area contributed by atoms with E-state index in [4.69, 9.17) is 4.74 Å². The van der Waals surface area contributed by atoms with Gasteiger partial charge in [0.2, 0.25) is 0 Å². The highest BCUT2D eigenvalue weighted by atomic mass is 16.6. The van der Waals surface area contributed by atoms with Gasteiger partial charge in [-0.2, -0.15) is 5.10 Å². The van der Waals surface area contributed by atoms with Crippen LogP contribution in [0.1, 0.15) is 5.56 Å². The number of nitro benzene ring substituents is 1. The number of nitro groups is 1. The summed E-state index contributed by atoms with van der Waals surface area (Å²) in [4.78, 5) is 22.1. The van der Waals surface area contributed by atoms with Crippen LogP contribution in [0.3, 0.4) is 0 Å². The lowest BCUT2D eigenvalue weighted by atomic mass is 10.2. The van der Waals surface area contributed by atoms with E-state index in [9.17, 15) is 14.9 Å². The summed E-state index contributed by atoms with van der Waals surface area (Å²) in [5.41, 5.74) is 3.60. The first-order valence-electron chi connectivity index (χ1n) is 7.70. The summed E-state index contributed by atoms with van der Waals surface area (Å²) in [6.07, 6.45) is 4.41. The van der Waals surface area contributed by atoms with Gasteiger partial charge in [-0.05, 0) is 42.5 Å². The largest absolute Gasteiger partial charge is 0.497 e. The molecule has 134 valence electrons. The lowest BCUT2D eigenvalue weighted by molar-refractivity contribution is -0.385. The predicted molar refractivity (Wildman–Crippen MR) is 100 cm³/mol. The predicted octanol–water partition coefficient (Wildman–Crippen LogP) is 2.83. The fourth-order valence-corrected chi connectivity index (χ4v) is 2.02. The number of para-hydroxylation sites is 1. The van der Waals surface area contributed by atoms with Crippen molar-refractivity contribution < 1.29 is 14.5 Å². The highest BCUT2D eigenvalue weighted by Crippen LogP contribution is 2.18. The number of benzene rings is 2. The molecule has 0 atom stereocenters. The van der Waals surface area contributed by atoms with Crippen molar-refractivity contribution in [1.29, 1.82) is 0 Å². The SMILES string of the molecule is COc1ccc(NCC(=O)NN=CC=Cc2ccccc2[N+](=O)[O-])cc1. The summed E-state index contributed by atoms with van der Waals surface area (Å²) in [5.74, 6) is 0.409. The van der Waals surface area contributed by atoms with Crippen molar-refractivity contribution in [3.05, 3.63) is 70.3 Å². The fourth-order valence-electron chi connectivity index (χ4n) is 2.02. The average molecular weight is 354 g/mol. The molecule has 0 saturated heterocycles. The molecular formula is C18H18N4O4. The van der Waals surface area contributed by atoms with Gasteiger partial charge in [0, 0.05) is 18.0 Å². The molecule has 0 aromatic heterocycles. The van der Waals surface area contributed by atoms with E-state index in [1.165, 1.54) is 18.4 Å². The third-order valence-electron chi connectivity index (χ3n) is 3.30. The third-order valence-corrected chi connectivity index (χ3v) is 3.30. The summed E-state index contributed by atoms with van der Waals surface area (Å²) in [5, 5.41) is 17.6. The van der Waals surface area contributed by atoms with Gasteiger partial charge in [-0.25, -0.2) is 5.43 Å². The van der Waals surface area contributed by atoms with Crippen molar-refractivity contribution in [2.24, 2.45) is 5.10 Å². The molecule has 26 heavy (non-hydrogen) atoms. The summed E-state index contributed by atoms with van der Waals surface area (Å²) in [6.45, 7) is 0.0531. The maximum Gasteiger partial charge on any atom is 0.276 e. The van der Waals surface area contributed by atoms with Crippen molar-refractivity contribution in [1.82, 2.24) is 5.43 Å². The van der Waals surface area contributed by atoms with Crippen LogP contribution in [-0.2, 0) is 4.79 Å². The number of nitrogens with zero attached hydrogens (tertiary/aromatic N) is 2. The van der Waals surface area contributed by atoms with Gasteiger partial charge in [0.1, 0.15) is 5.75 Å². The zero-order chi connectivity index (χ0) is 18.8. The molecule has 8 nitrogen and oxygen atoms in total. The minimum absolute atomic E-state index is 0.00452. The van der Waals surface area contributed by atoms with Gasteiger partial charge in [-0.1, -0.05) is 12.1 Å². The molecule has 0 aliphatic carbocycles. The first-order chi connectivity index (χ1) is 12.6. The number of allylic oxidation sites excluding steroid dienone is 1. The first-order valence-corrected chi connectivity index (χ1v) is 7.70. The Bertz CT molecular complexity index is 816. The van der Waals surface area contributed by atoms with Crippen molar-refractivity contribution in [3.63, 3.8) is 0 Å². The summed E-state index contributed by atoms with van der Waals surface area (Å²) in [6, 6.07) is 13.5. The van der Waals surface area contributed by atoms with E-state index in [-0.39, 0.29) is 18.1 Å². The zero-order valence-corrected chi connectivity index (χ0v) is 14.1. The Labute approximate surface area is 150 Å². The Morgan fingerprint density at radius 1 is 1.23 bits per heavy atom. The number of methoxy groups -OCH3 is 1. The van der Waals surface area contributed by atoms with Crippen LogP contribution >= 0.6 is 0 Å². The van der Waals surface area contributed by atoms with Crippen LogP contribution in [0.2, 0.25) is 0 Å². The highest BCUT2D eigenvalue weighted by Gasteiger charge is 2.08. The second-order valence-corrected chi connectivity index (χ2v) is 5.07. The second-order valence-electron chi connectivity index (χ2n) is 5.07. The van der Waals surface area contributed by atoms with Gasteiger partial charge in [0.15, 0.2) is 0 Å². The van der Waals surface area contributed by atoms with Crippen LogP contribution < -0.4 is 15.5 Å². The molecule has 0 bridgehead atoms. The lowest BCUT2D eigenvalue weighted by Crippen LogP contribution is -2.25. The van der Waals surface area contributed by atoms with E-state index >= 15 is 0 Å². The number of nitrogens with one attached hydrogen (secondary N) is 2. The van der Waals surface area contributed by atoms with E-state index in [0.29, 0.717) is 5.56 Å². The zero-order valence-electron chi connectivity index (χ0n) is 14.1. The second kappa shape index (κ2) is 9.58. The van der Waals surface area contributed by atoms with Gasteiger partial charge in [0.25, 0.3) is 11.6 Å². The Balaban J connectivity index is 1.79. The molecule has 2 aromatic carbocycles. The molecule has 8 heteroatoms. The number of hydrogen-bond donors (Lipinski definition) is 2. The molecule has 0 saturated carbocycles. The Morgan fingerprint density at radius 3 is 2.65 bits per heavy atom. The first kappa shape index (κ1) is 18.7. The molecule has 0 unspecified atom stereocenters. The van der Waals surface area contributed by atoms with Crippen molar-refractivity contribution >= 4 is 29.6 Å². The molecule has 0 heterocycles. The maximum atomic E-state index is 11.7. The number of anilines is 1. The van der Waals surface area contributed by atoms with E-state index < -0.39 is 4.92 Å². The lowest BCUT2D eigenvalue weighted by Gasteiger charge is -2.06. The summed E-state index contributed by atoms with van der Waals surface area (Å²) < 4.78 is 5.05. The Morgan fingerprint density at radius 2 is 1.96 bits per heavy atom. The van der Waals surface area contributed by atoms with Crippen LogP contribution in [0.5, 0.6) is 5.75 Å². The average Bonchev–Trinajstić information content (AvgIpc) is 2.66. The smallest absolute Gasteiger partial charge is 0.276 e. The number of amides is 1. The number of ether oxygens (including phenoxy) is 1. The molecule has 0 fully saturated rings. The van der Waals surface area contributed by atoms with Crippen molar-refractivity contribution in [2.75, 3.05) is 19.0 Å². The number of hydrogen-bond acceptors (Lipinski definition) is 6. The Kier molecular flexibility index (Phi) is 6.87. The minimum atomic E-state index is -0.455. The third kappa shape index (κ3) is 5.75. The van der Waals surface area contributed by atoms with Gasteiger partial charge < -0.3 is 10.1 Å². The van der Waals surface area contributed by atoms with Crippen LogP contribution in [0.25, 0.3) is 6.08 Å². The number of carbonyl (C=O) groups is 1. The summed E-state index contributed by atoms with van der Waals surface area (Å²) >= 11 is 0.